The molecular weight excluding hydrogens is 912 g/mol. The van der Waals surface area contributed by atoms with Crippen molar-refractivity contribution in [1.29, 1.82) is 0 Å². The van der Waals surface area contributed by atoms with Crippen molar-refractivity contribution in [2.45, 2.75) is 18.5 Å². The van der Waals surface area contributed by atoms with Crippen LogP contribution in [0.25, 0.3) is 0 Å². The molecule has 1 aliphatic rings. The second-order valence-corrected chi connectivity index (χ2v) is 18.9. The molecule has 0 radical (unpaired) electrons. The van der Waals surface area contributed by atoms with Gasteiger partial charge in [-0.25, -0.2) is 0 Å². The van der Waals surface area contributed by atoms with E-state index in [2.05, 4.69) is 0 Å². The monoisotopic (exact) mass is 942 g/mol. The molecule has 63 heavy (non-hydrogen) atoms. The molecule has 1 aliphatic heterocycles. The Balaban J connectivity index is 1.54. The van der Waals surface area contributed by atoms with Gasteiger partial charge in [0.25, 0.3) is 0 Å². The average Bonchev–Trinajstić information content (AvgIpc) is 3.22. The molecule has 6 N–H and O–H groups in total. The molecule has 0 saturated carbocycles. The number of nitrogens with zero attached hydrogens (tertiary/aromatic N) is 3. The van der Waals surface area contributed by atoms with Gasteiger partial charge in [0.2, 0.25) is 0 Å². The summed E-state index contributed by atoms with van der Waals surface area (Å²) in [6, 6.07) is 26.5. The van der Waals surface area contributed by atoms with E-state index in [1.807, 2.05) is 0 Å². The van der Waals surface area contributed by atoms with Crippen LogP contribution in [0.5, 0.6) is 34.5 Å². The van der Waals surface area contributed by atoms with Crippen molar-refractivity contribution in [3.8, 4) is 34.5 Å². The van der Waals surface area contributed by atoms with Crippen LogP contribution in [0.4, 0.5) is 56.6 Å². The summed E-state index contributed by atoms with van der Waals surface area (Å²) < 4.78 is 158. The van der Waals surface area contributed by atoms with Gasteiger partial charge in [-0.05, 0) is 0 Å². The molecule has 0 bridgehead atoms. The molecule has 0 aliphatic carbocycles. The summed E-state index contributed by atoms with van der Waals surface area (Å²) in [7, 11) is -9.57. The van der Waals surface area contributed by atoms with Crippen molar-refractivity contribution >= 4 is 41.6 Å². The third-order valence-electron chi connectivity index (χ3n) is 8.38. The number of anilines is 3. The fourth-order valence-corrected chi connectivity index (χ4v) is 13.0. The average molecular weight is 943 g/mol. The van der Waals surface area contributed by atoms with Crippen LogP contribution >= 0.6 is 24.6 Å². The van der Waals surface area contributed by atoms with Crippen LogP contribution in [0.2, 0.25) is 0 Å². The Morgan fingerprint density at radius 3 is 1.06 bits per heavy atom. The second-order valence-electron chi connectivity index (χ2n) is 13.1. The fraction of sp³-hybridized carbons (Fsp3) is 0.0769. The van der Waals surface area contributed by atoms with E-state index in [-0.39, 0.29) is 31.5 Å². The summed E-state index contributed by atoms with van der Waals surface area (Å²) in [5, 5.41) is 0. The van der Waals surface area contributed by atoms with Gasteiger partial charge in [-0.1, -0.05) is 0 Å². The standard InChI is InChI=1S/C39H30F9N6O6P3/c40-37(41,42)25-1-13-34(14-2-25)58-63(59-35-15-3-26(4-16-35)38(43,44)45,60-36-17-5-27(6-18-36)39(46,47)48)52-61-53(55-31-19-7-28(49)8-20-31)62(57-33-23-11-30(51)12-24-33)54(63)56-32-21-9-29(50)10-22-32/h1-24H,49-51H2. The van der Waals surface area contributed by atoms with Crippen LogP contribution in [0.1, 0.15) is 16.7 Å². The number of nitrogens with two attached hydrogens (primary N) is 3. The predicted molar refractivity (Wildman–Crippen MR) is 218 cm³/mol. The zero-order valence-electron chi connectivity index (χ0n) is 31.6. The second kappa shape index (κ2) is 17.1. The Morgan fingerprint density at radius 1 is 0.429 bits per heavy atom. The number of hydrogen-bond acceptors (Lipinski definition) is 12. The van der Waals surface area contributed by atoms with Crippen molar-refractivity contribution in [3.63, 3.8) is 0 Å². The van der Waals surface area contributed by atoms with Gasteiger partial charge in [0.05, 0.1) is 0 Å². The minimum atomic E-state index is -6.33. The minimum absolute atomic E-state index is 0.0689. The topological polar surface area (TPSA) is 152 Å². The van der Waals surface area contributed by atoms with Gasteiger partial charge in [-0.3, -0.25) is 0 Å². The first-order valence-corrected chi connectivity index (χ1v) is 21.6. The number of rotatable bonds is 12. The summed E-state index contributed by atoms with van der Waals surface area (Å²) in [4.78, 5) is 12.8. The van der Waals surface area contributed by atoms with E-state index < -0.39 is 68.5 Å². The quantitative estimate of drug-likeness (QED) is 0.0610. The normalized spacial score (nSPS) is 17.4. The molecule has 24 heteroatoms. The Labute approximate surface area is 354 Å². The number of halogens is 9. The van der Waals surface area contributed by atoms with E-state index >= 15 is 0 Å². The predicted octanol–water partition coefficient (Wildman–Crippen LogP) is 13.1. The van der Waals surface area contributed by atoms with Crippen molar-refractivity contribution < 1.29 is 67.3 Å². The van der Waals surface area contributed by atoms with E-state index in [0.29, 0.717) is 47.8 Å². The maximum absolute atomic E-state index is 13.8. The van der Waals surface area contributed by atoms with Crippen molar-refractivity contribution in [2.24, 2.45) is 4.52 Å². The third kappa shape index (κ3) is 10.4. The number of alkyl halides is 9. The maximum atomic E-state index is 13.8. The molecule has 7 rings (SSSR count). The van der Waals surface area contributed by atoms with Crippen LogP contribution in [0, 0.1) is 0 Å². The van der Waals surface area contributed by atoms with Crippen molar-refractivity contribution in [3.05, 3.63) is 162 Å². The molecule has 0 fully saturated rings. The Bertz CT molecular complexity index is 2390. The molecule has 0 spiro atoms. The van der Waals surface area contributed by atoms with E-state index in [1.165, 1.54) is 72.8 Å². The molecule has 1 unspecified atom stereocenters. The number of benzene rings is 6. The van der Waals surface area contributed by atoms with Gasteiger partial charge < -0.3 is 0 Å². The summed E-state index contributed by atoms with van der Waals surface area (Å²) in [5.74, 6) is -1.25. The SMILES string of the molecule is Nc1ccc(ON2P=NP(Oc3ccc(C(F)(F)F)cc3)(Oc3ccc(C(F)(F)F)cc3)(Oc3ccc(C(F)(F)F)cc3)N(Oc3ccc(N)cc3)P2Oc2ccc(N)cc2)cc1. The van der Waals surface area contributed by atoms with Crippen LogP contribution < -0.4 is 45.0 Å². The molecule has 1 atom stereocenters. The Hall–Kier alpha value is -6.23. The van der Waals surface area contributed by atoms with Gasteiger partial charge >= 0.3 is 355 Å². The summed E-state index contributed by atoms with van der Waals surface area (Å²) >= 11 is 0. The summed E-state index contributed by atoms with van der Waals surface area (Å²) in [5.41, 5.74) is 15.4. The third-order valence-corrected chi connectivity index (χ3v) is 15.5. The van der Waals surface area contributed by atoms with Crippen LogP contribution in [0.15, 0.2) is 150 Å². The molecule has 0 amide bonds. The van der Waals surface area contributed by atoms with Gasteiger partial charge in [-0.15, -0.1) is 0 Å². The van der Waals surface area contributed by atoms with Gasteiger partial charge in [-0.2, -0.15) is 0 Å². The zero-order valence-corrected chi connectivity index (χ0v) is 34.3. The first-order valence-electron chi connectivity index (χ1n) is 17.8. The van der Waals surface area contributed by atoms with Crippen molar-refractivity contribution in [1.82, 2.24) is 9.21 Å². The molecule has 6 aromatic rings. The van der Waals surface area contributed by atoms with Crippen LogP contribution in [0.3, 0.4) is 0 Å². The Morgan fingerprint density at radius 2 is 0.730 bits per heavy atom. The number of nitrogen functional groups attached to an aromatic ring is 3. The van der Waals surface area contributed by atoms with E-state index in [0.717, 1.165) is 45.6 Å². The van der Waals surface area contributed by atoms with E-state index in [4.69, 9.17) is 49.5 Å². The first kappa shape index (κ1) is 44.8. The molecule has 1 heterocycles. The summed E-state index contributed by atoms with van der Waals surface area (Å²) in [6.45, 7) is 0. The summed E-state index contributed by atoms with van der Waals surface area (Å²) in [6.07, 6.45) is -14.5. The van der Waals surface area contributed by atoms with Crippen molar-refractivity contribution in [2.75, 3.05) is 17.2 Å². The molecular formula is C39H30F9N6O6P3. The molecule has 6 aromatic carbocycles. The molecule has 330 valence electrons. The number of hydrogen-bond donors (Lipinski definition) is 3. The first-order chi connectivity index (χ1) is 29.7. The van der Waals surface area contributed by atoms with Gasteiger partial charge in [0.15, 0.2) is 0 Å². The van der Waals surface area contributed by atoms with Gasteiger partial charge in [0.1, 0.15) is 0 Å². The molecule has 12 nitrogen and oxygen atoms in total. The van der Waals surface area contributed by atoms with Crippen LogP contribution in [-0.4, -0.2) is 9.21 Å². The Kier molecular flexibility index (Phi) is 12.2. The fourth-order valence-electron chi connectivity index (χ4n) is 5.33. The zero-order chi connectivity index (χ0) is 45.2. The van der Waals surface area contributed by atoms with Crippen LogP contribution in [-0.2, 0) is 18.5 Å². The van der Waals surface area contributed by atoms with Gasteiger partial charge in [0, 0.05) is 0 Å². The van der Waals surface area contributed by atoms with E-state index in [9.17, 15) is 39.5 Å². The molecule has 0 aromatic heterocycles. The van der Waals surface area contributed by atoms with E-state index in [1.54, 1.807) is 0 Å². The molecule has 0 saturated heterocycles.